The lowest BCUT2D eigenvalue weighted by molar-refractivity contribution is 0.0393. The van der Waals surface area contributed by atoms with Crippen molar-refractivity contribution < 1.29 is 4.74 Å². The minimum Gasteiger partial charge on any atom is -0.377 e. The van der Waals surface area contributed by atoms with Crippen molar-refractivity contribution in [1.82, 2.24) is 4.90 Å². The van der Waals surface area contributed by atoms with Gasteiger partial charge in [0.05, 0.1) is 6.10 Å². The van der Waals surface area contributed by atoms with Gasteiger partial charge < -0.3 is 15.4 Å². The minimum atomic E-state index is 0.360. The molecule has 1 fully saturated rings. The summed E-state index contributed by atoms with van der Waals surface area (Å²) in [6, 6.07) is 0.429. The van der Waals surface area contributed by atoms with E-state index < -0.39 is 0 Å². The third-order valence-electron chi connectivity index (χ3n) is 2.60. The van der Waals surface area contributed by atoms with Gasteiger partial charge in [0.15, 0.2) is 0 Å². The van der Waals surface area contributed by atoms with Crippen LogP contribution in [0, 0.1) is 0 Å². The largest absolute Gasteiger partial charge is 0.377 e. The summed E-state index contributed by atoms with van der Waals surface area (Å²) in [4.78, 5) is 2.45. The maximum Gasteiger partial charge on any atom is 0.0673 e. The van der Waals surface area contributed by atoms with Crippen LogP contribution in [-0.2, 0) is 4.74 Å². The molecule has 0 radical (unpaired) electrons. The first kappa shape index (κ1) is 11.0. The molecular weight excluding hydrogens is 164 g/mol. The van der Waals surface area contributed by atoms with E-state index in [9.17, 15) is 0 Å². The monoisotopic (exact) mass is 186 g/mol. The van der Waals surface area contributed by atoms with Gasteiger partial charge in [-0.05, 0) is 39.8 Å². The third kappa shape index (κ3) is 4.07. The van der Waals surface area contributed by atoms with Crippen LogP contribution >= 0.6 is 0 Å². The Kier molecular flexibility index (Phi) is 4.70. The van der Waals surface area contributed by atoms with Crippen molar-refractivity contribution in [3.63, 3.8) is 0 Å². The van der Waals surface area contributed by atoms with E-state index in [0.29, 0.717) is 12.1 Å². The van der Waals surface area contributed by atoms with Gasteiger partial charge in [0.25, 0.3) is 0 Å². The van der Waals surface area contributed by atoms with Crippen LogP contribution in [0.4, 0.5) is 0 Å². The lowest BCUT2D eigenvalue weighted by Crippen LogP contribution is -2.42. The molecule has 1 atom stereocenters. The van der Waals surface area contributed by atoms with Crippen LogP contribution in [0.5, 0.6) is 0 Å². The van der Waals surface area contributed by atoms with E-state index >= 15 is 0 Å². The molecule has 1 heterocycles. The lowest BCUT2D eigenvalue weighted by atomic mass is 10.1. The molecule has 78 valence electrons. The molecule has 13 heavy (non-hydrogen) atoms. The quantitative estimate of drug-likeness (QED) is 0.707. The molecule has 0 aliphatic carbocycles. The van der Waals surface area contributed by atoms with Crippen molar-refractivity contribution in [2.45, 2.75) is 38.8 Å². The fourth-order valence-corrected chi connectivity index (χ4v) is 1.84. The first-order chi connectivity index (χ1) is 6.22. The van der Waals surface area contributed by atoms with Crippen LogP contribution in [0.2, 0.25) is 0 Å². The van der Waals surface area contributed by atoms with E-state index in [1.165, 1.54) is 0 Å². The number of likely N-dealkylation sites (tertiary alicyclic amines) is 1. The summed E-state index contributed by atoms with van der Waals surface area (Å²) in [7, 11) is 0. The first-order valence-electron chi connectivity index (χ1n) is 5.32. The fourth-order valence-electron chi connectivity index (χ4n) is 1.84. The topological polar surface area (TPSA) is 38.5 Å². The van der Waals surface area contributed by atoms with Gasteiger partial charge in [0.1, 0.15) is 0 Å². The molecule has 2 N–H and O–H groups in total. The second kappa shape index (κ2) is 5.58. The second-order valence-electron chi connectivity index (χ2n) is 3.90. The fraction of sp³-hybridized carbons (Fsp3) is 1.00. The van der Waals surface area contributed by atoms with Gasteiger partial charge in [-0.25, -0.2) is 0 Å². The zero-order chi connectivity index (χ0) is 9.68. The van der Waals surface area contributed by atoms with Crippen LogP contribution in [-0.4, -0.2) is 43.3 Å². The molecule has 0 aromatic rings. The van der Waals surface area contributed by atoms with Gasteiger partial charge >= 0.3 is 0 Å². The molecule has 1 aliphatic heterocycles. The SMILES string of the molecule is CCOC(C)CN1CCC(N)CC1. The van der Waals surface area contributed by atoms with E-state index in [4.69, 9.17) is 10.5 Å². The number of rotatable bonds is 4. The zero-order valence-electron chi connectivity index (χ0n) is 8.83. The van der Waals surface area contributed by atoms with Gasteiger partial charge in [-0.15, -0.1) is 0 Å². The maximum absolute atomic E-state index is 5.83. The standard InChI is InChI=1S/C10H22N2O/c1-3-13-9(2)8-12-6-4-10(11)5-7-12/h9-10H,3-8,11H2,1-2H3. The number of hydrogen-bond acceptors (Lipinski definition) is 3. The molecule has 0 bridgehead atoms. The molecule has 3 nitrogen and oxygen atoms in total. The molecule has 3 heteroatoms. The first-order valence-corrected chi connectivity index (χ1v) is 5.32. The maximum atomic E-state index is 5.83. The van der Waals surface area contributed by atoms with Crippen molar-refractivity contribution in [3.8, 4) is 0 Å². The molecule has 0 spiro atoms. The second-order valence-corrected chi connectivity index (χ2v) is 3.90. The van der Waals surface area contributed by atoms with E-state index in [1.807, 2.05) is 6.92 Å². The van der Waals surface area contributed by atoms with E-state index in [1.54, 1.807) is 0 Å². The van der Waals surface area contributed by atoms with Gasteiger partial charge in [0.2, 0.25) is 0 Å². The number of hydrogen-bond donors (Lipinski definition) is 1. The van der Waals surface area contributed by atoms with Gasteiger partial charge in [-0.3, -0.25) is 0 Å². The Bertz CT molecular complexity index is 133. The van der Waals surface area contributed by atoms with Crippen LogP contribution in [0.15, 0.2) is 0 Å². The summed E-state index contributed by atoms with van der Waals surface area (Å²) in [5, 5.41) is 0. The Labute approximate surface area is 81.2 Å². The van der Waals surface area contributed by atoms with Crippen LogP contribution in [0.1, 0.15) is 26.7 Å². The highest BCUT2D eigenvalue weighted by Gasteiger charge is 2.17. The number of piperidine rings is 1. The summed E-state index contributed by atoms with van der Waals surface area (Å²) in [6.07, 6.45) is 2.64. The minimum absolute atomic E-state index is 0.360. The van der Waals surface area contributed by atoms with E-state index in [-0.39, 0.29) is 0 Å². The Morgan fingerprint density at radius 3 is 2.62 bits per heavy atom. The Morgan fingerprint density at radius 1 is 1.46 bits per heavy atom. The highest BCUT2D eigenvalue weighted by Crippen LogP contribution is 2.09. The molecule has 0 saturated carbocycles. The summed E-state index contributed by atoms with van der Waals surface area (Å²) in [5.74, 6) is 0. The highest BCUT2D eigenvalue weighted by molar-refractivity contribution is 4.75. The van der Waals surface area contributed by atoms with Crippen LogP contribution < -0.4 is 5.73 Å². The van der Waals surface area contributed by atoms with Gasteiger partial charge in [0, 0.05) is 19.2 Å². The molecule has 1 rings (SSSR count). The predicted octanol–water partition coefficient (Wildman–Crippen LogP) is 0.834. The Balaban J connectivity index is 2.14. The van der Waals surface area contributed by atoms with Crippen molar-refractivity contribution in [3.05, 3.63) is 0 Å². The summed E-state index contributed by atoms with van der Waals surface area (Å²) < 4.78 is 5.50. The van der Waals surface area contributed by atoms with E-state index in [0.717, 1.165) is 39.1 Å². The normalized spacial score (nSPS) is 23.3. The molecule has 0 aromatic heterocycles. The number of nitrogens with two attached hydrogens (primary N) is 1. The predicted molar refractivity (Wildman–Crippen MR) is 54.7 cm³/mol. The van der Waals surface area contributed by atoms with Crippen molar-refractivity contribution in [2.24, 2.45) is 5.73 Å². The summed E-state index contributed by atoms with van der Waals surface area (Å²) >= 11 is 0. The van der Waals surface area contributed by atoms with E-state index in [2.05, 4.69) is 11.8 Å². The third-order valence-corrected chi connectivity index (χ3v) is 2.60. The van der Waals surface area contributed by atoms with Crippen molar-refractivity contribution in [1.29, 1.82) is 0 Å². The summed E-state index contributed by atoms with van der Waals surface area (Å²) in [6.45, 7) is 8.33. The average Bonchev–Trinajstić information content (AvgIpc) is 2.09. The molecule has 1 saturated heterocycles. The highest BCUT2D eigenvalue weighted by atomic mass is 16.5. The van der Waals surface area contributed by atoms with Crippen LogP contribution in [0.3, 0.4) is 0 Å². The number of ether oxygens (including phenoxy) is 1. The molecule has 1 unspecified atom stereocenters. The molecule has 1 aliphatic rings. The number of nitrogens with zero attached hydrogens (tertiary/aromatic N) is 1. The van der Waals surface area contributed by atoms with Gasteiger partial charge in [-0.2, -0.15) is 0 Å². The van der Waals surface area contributed by atoms with Crippen LogP contribution in [0.25, 0.3) is 0 Å². The molecule has 0 aromatic carbocycles. The Morgan fingerprint density at radius 2 is 2.08 bits per heavy atom. The molecular formula is C10H22N2O. The van der Waals surface area contributed by atoms with Crippen molar-refractivity contribution in [2.75, 3.05) is 26.2 Å². The average molecular weight is 186 g/mol. The van der Waals surface area contributed by atoms with Crippen molar-refractivity contribution >= 4 is 0 Å². The van der Waals surface area contributed by atoms with Gasteiger partial charge in [-0.1, -0.05) is 0 Å². The lowest BCUT2D eigenvalue weighted by Gasteiger charge is -2.31. The Hall–Kier alpha value is -0.120. The molecule has 0 amide bonds. The zero-order valence-corrected chi connectivity index (χ0v) is 8.83. The summed E-state index contributed by atoms with van der Waals surface area (Å²) in [5.41, 5.74) is 5.83. The smallest absolute Gasteiger partial charge is 0.0673 e.